The van der Waals surface area contributed by atoms with Crippen LogP contribution in [0.3, 0.4) is 0 Å². The van der Waals surface area contributed by atoms with Gasteiger partial charge in [-0.05, 0) is 18.4 Å². The largest absolute Gasteiger partial charge is 0.342 e. The van der Waals surface area contributed by atoms with Crippen LogP contribution in [0.1, 0.15) is 5.82 Å². The molecule has 0 saturated carbocycles. The van der Waals surface area contributed by atoms with Crippen molar-refractivity contribution >= 4 is 21.8 Å². The zero-order valence-corrected chi connectivity index (χ0v) is 7.91. The number of hydrogen-bond acceptors (Lipinski definition) is 1. The van der Waals surface area contributed by atoms with E-state index in [0.717, 1.165) is 16.9 Å². The van der Waals surface area contributed by atoms with Crippen LogP contribution in [0.4, 0.5) is 0 Å². The van der Waals surface area contributed by atoms with E-state index in [2.05, 4.69) is 46.4 Å². The maximum atomic E-state index is 4.41. The molecule has 1 aromatic heterocycles. The van der Waals surface area contributed by atoms with Crippen molar-refractivity contribution < 1.29 is 0 Å². The summed E-state index contributed by atoms with van der Waals surface area (Å²) in [5.74, 6) is 0.969. The van der Waals surface area contributed by atoms with E-state index in [1.54, 1.807) is 0 Å². The second-order valence-electron chi connectivity index (χ2n) is 3.50. The van der Waals surface area contributed by atoms with Gasteiger partial charge in [-0.25, -0.2) is 4.98 Å². The topological polar surface area (TPSA) is 28.7 Å². The molecule has 0 aliphatic rings. The van der Waals surface area contributed by atoms with E-state index in [9.17, 15) is 0 Å². The molecule has 0 amide bonds. The zero-order valence-electron chi connectivity index (χ0n) is 7.91. The van der Waals surface area contributed by atoms with Crippen LogP contribution >= 0.6 is 0 Å². The molecule has 1 N–H and O–H groups in total. The Morgan fingerprint density at radius 1 is 1.07 bits per heavy atom. The van der Waals surface area contributed by atoms with Crippen molar-refractivity contribution in [2.75, 3.05) is 0 Å². The Labute approximate surface area is 81.6 Å². The molecule has 3 aromatic rings. The van der Waals surface area contributed by atoms with E-state index in [-0.39, 0.29) is 0 Å². The highest BCUT2D eigenvalue weighted by Gasteiger charge is 2.02. The van der Waals surface area contributed by atoms with Crippen LogP contribution in [0.15, 0.2) is 36.4 Å². The third-order valence-corrected chi connectivity index (χ3v) is 2.50. The lowest BCUT2D eigenvalue weighted by atomic mass is 10.1. The van der Waals surface area contributed by atoms with Crippen molar-refractivity contribution in [3.63, 3.8) is 0 Å². The van der Waals surface area contributed by atoms with Gasteiger partial charge in [0.25, 0.3) is 0 Å². The van der Waals surface area contributed by atoms with Gasteiger partial charge in [0.1, 0.15) is 5.82 Å². The Morgan fingerprint density at radius 2 is 1.93 bits per heavy atom. The van der Waals surface area contributed by atoms with Crippen LogP contribution < -0.4 is 0 Å². The quantitative estimate of drug-likeness (QED) is 0.568. The molecule has 0 saturated heterocycles. The molecular weight excluding hydrogens is 172 g/mol. The lowest BCUT2D eigenvalue weighted by molar-refractivity contribution is 1.17. The van der Waals surface area contributed by atoms with Gasteiger partial charge in [-0.2, -0.15) is 0 Å². The van der Waals surface area contributed by atoms with Crippen molar-refractivity contribution in [1.29, 1.82) is 0 Å². The summed E-state index contributed by atoms with van der Waals surface area (Å²) in [6.45, 7) is 1.98. The molecule has 3 rings (SSSR count). The molecule has 68 valence electrons. The molecule has 0 atom stereocenters. The average Bonchev–Trinajstić information content (AvgIpc) is 2.59. The zero-order chi connectivity index (χ0) is 9.54. The number of fused-ring (bicyclic) bond motifs is 3. The molecule has 0 aliphatic carbocycles. The predicted molar refractivity (Wildman–Crippen MR) is 58.3 cm³/mol. The second kappa shape index (κ2) is 2.58. The fourth-order valence-electron chi connectivity index (χ4n) is 1.87. The summed E-state index contributed by atoms with van der Waals surface area (Å²) >= 11 is 0. The monoisotopic (exact) mass is 182 g/mol. The minimum Gasteiger partial charge on any atom is -0.342 e. The van der Waals surface area contributed by atoms with Crippen molar-refractivity contribution in [1.82, 2.24) is 9.97 Å². The molecule has 0 fully saturated rings. The van der Waals surface area contributed by atoms with Gasteiger partial charge in [0, 0.05) is 5.39 Å². The summed E-state index contributed by atoms with van der Waals surface area (Å²) in [4.78, 5) is 7.70. The molecule has 0 spiro atoms. The Kier molecular flexibility index (Phi) is 1.39. The molecule has 0 aliphatic heterocycles. The number of aromatic amines is 1. The van der Waals surface area contributed by atoms with E-state index in [1.807, 2.05) is 6.92 Å². The second-order valence-corrected chi connectivity index (χ2v) is 3.50. The molecule has 2 nitrogen and oxygen atoms in total. The molecule has 0 unspecified atom stereocenters. The third-order valence-electron chi connectivity index (χ3n) is 2.50. The van der Waals surface area contributed by atoms with Gasteiger partial charge in [0.05, 0.1) is 11.0 Å². The minimum atomic E-state index is 0.969. The fraction of sp³-hybridized carbons (Fsp3) is 0.0833. The first-order valence-corrected chi connectivity index (χ1v) is 4.69. The fourth-order valence-corrected chi connectivity index (χ4v) is 1.87. The van der Waals surface area contributed by atoms with Crippen LogP contribution in [0, 0.1) is 6.92 Å². The van der Waals surface area contributed by atoms with Crippen molar-refractivity contribution in [2.45, 2.75) is 6.92 Å². The Bertz CT molecular complexity index is 608. The number of aryl methyl sites for hydroxylation is 1. The highest BCUT2D eigenvalue weighted by atomic mass is 14.9. The van der Waals surface area contributed by atoms with Gasteiger partial charge in [-0.1, -0.05) is 30.3 Å². The summed E-state index contributed by atoms with van der Waals surface area (Å²) in [7, 11) is 0. The number of aromatic nitrogens is 2. The van der Waals surface area contributed by atoms with Crippen LogP contribution in [0.5, 0.6) is 0 Å². The molecule has 2 heteroatoms. The van der Waals surface area contributed by atoms with Gasteiger partial charge in [-0.3, -0.25) is 0 Å². The summed E-state index contributed by atoms with van der Waals surface area (Å²) in [6.07, 6.45) is 0. The first-order valence-electron chi connectivity index (χ1n) is 4.69. The van der Waals surface area contributed by atoms with Gasteiger partial charge in [-0.15, -0.1) is 0 Å². The first kappa shape index (κ1) is 7.56. The number of nitrogens with one attached hydrogen (secondary N) is 1. The number of H-pyrrole nitrogens is 1. The molecule has 2 aromatic carbocycles. The average molecular weight is 182 g/mol. The van der Waals surface area contributed by atoms with E-state index in [0.29, 0.717) is 0 Å². The van der Waals surface area contributed by atoms with Gasteiger partial charge < -0.3 is 4.98 Å². The lowest BCUT2D eigenvalue weighted by Gasteiger charge is -1.96. The molecule has 1 heterocycles. The highest BCUT2D eigenvalue weighted by Crippen LogP contribution is 2.22. The Balaban J connectivity index is 2.60. The number of benzene rings is 2. The number of imidazole rings is 1. The number of nitrogens with zero attached hydrogens (tertiary/aromatic N) is 1. The smallest absolute Gasteiger partial charge is 0.104 e. The van der Waals surface area contributed by atoms with E-state index in [4.69, 9.17) is 0 Å². The lowest BCUT2D eigenvalue weighted by Crippen LogP contribution is -1.74. The van der Waals surface area contributed by atoms with Gasteiger partial charge in [0.2, 0.25) is 0 Å². The molecule has 14 heavy (non-hydrogen) atoms. The minimum absolute atomic E-state index is 0.969. The predicted octanol–water partition coefficient (Wildman–Crippen LogP) is 3.02. The van der Waals surface area contributed by atoms with Crippen LogP contribution in [-0.4, -0.2) is 9.97 Å². The summed E-state index contributed by atoms with van der Waals surface area (Å²) in [5, 5.41) is 2.49. The summed E-state index contributed by atoms with van der Waals surface area (Å²) in [6, 6.07) is 12.5. The van der Waals surface area contributed by atoms with Crippen molar-refractivity contribution in [3.05, 3.63) is 42.2 Å². The van der Waals surface area contributed by atoms with Crippen molar-refractivity contribution in [3.8, 4) is 0 Å². The van der Waals surface area contributed by atoms with Crippen LogP contribution in [-0.2, 0) is 0 Å². The van der Waals surface area contributed by atoms with Crippen LogP contribution in [0.2, 0.25) is 0 Å². The number of hydrogen-bond donors (Lipinski definition) is 1. The number of rotatable bonds is 0. The maximum Gasteiger partial charge on any atom is 0.104 e. The normalized spacial score (nSPS) is 11.2. The van der Waals surface area contributed by atoms with Gasteiger partial charge >= 0.3 is 0 Å². The Hall–Kier alpha value is -1.83. The van der Waals surface area contributed by atoms with Crippen molar-refractivity contribution in [2.24, 2.45) is 0 Å². The maximum absolute atomic E-state index is 4.41. The molecule has 0 bridgehead atoms. The molecule has 0 radical (unpaired) electrons. The SMILES string of the molecule is Cc1nc2ccc3ccccc3c2[nH]1. The van der Waals surface area contributed by atoms with Crippen LogP contribution in [0.25, 0.3) is 21.8 Å². The summed E-state index contributed by atoms with van der Waals surface area (Å²) in [5.41, 5.74) is 2.18. The summed E-state index contributed by atoms with van der Waals surface area (Å²) < 4.78 is 0. The molecular formula is C12H10N2. The standard InChI is InChI=1S/C12H10N2/c1-8-13-11-7-6-9-4-2-3-5-10(9)12(11)14-8/h2-7H,1H3,(H,13,14). The van der Waals surface area contributed by atoms with Gasteiger partial charge in [0.15, 0.2) is 0 Å². The van der Waals surface area contributed by atoms with E-state index < -0.39 is 0 Å². The van der Waals surface area contributed by atoms with E-state index >= 15 is 0 Å². The first-order chi connectivity index (χ1) is 6.84. The van der Waals surface area contributed by atoms with E-state index in [1.165, 1.54) is 10.8 Å². The Morgan fingerprint density at radius 3 is 2.86 bits per heavy atom. The third kappa shape index (κ3) is 0.940. The highest BCUT2D eigenvalue weighted by molar-refractivity contribution is 6.03.